The number of nitrogens with zero attached hydrogens (tertiary/aromatic N) is 5. The molecule has 0 saturated heterocycles. The lowest BCUT2D eigenvalue weighted by Gasteiger charge is -2.27. The SMILES string of the molecule is C.C.CC(C)(c1ccc(O)cc1)c1cc(Cl)c(OCCCl)c(Cl)c1.CC(C)(c1ccc(OCc2coc(Cl)n2)cc1)c1cc(Cl)c(OCCCl)c(Cl)c1.CC(C)(c1ccc(OCc2coc(NS(C)(=O)=O)n2)cc1)c1cc(Cl)c(OCCCl)c(Cl)c1.CCOC(=O)c1coc(Cl)n1.CS(=O)(=O)OCc1coc(Cl)n1.CS(N)(=O)=O.OCc1coc(Cl)n1. The fourth-order valence-corrected chi connectivity index (χ4v) is 12.9. The van der Waals surface area contributed by atoms with Gasteiger partial charge in [0.15, 0.2) is 22.9 Å². The molecule has 5 aromatic heterocycles. The summed E-state index contributed by atoms with van der Waals surface area (Å²) in [5, 5.41) is 24.9. The van der Waals surface area contributed by atoms with Gasteiger partial charge in [0.05, 0.1) is 79.8 Å². The van der Waals surface area contributed by atoms with Gasteiger partial charge in [-0.2, -0.15) is 18.4 Å². The molecule has 0 radical (unpaired) electrons. The van der Waals surface area contributed by atoms with Gasteiger partial charge in [0.25, 0.3) is 31.5 Å². The number of phenolic OH excluding ortho intramolecular Hbond substituents is 1. The molecular weight excluding hydrogens is 1930 g/mol. The highest BCUT2D eigenvalue weighted by Crippen LogP contribution is 2.44. The number of aliphatic hydroxyl groups is 1. The van der Waals surface area contributed by atoms with E-state index in [9.17, 15) is 35.2 Å². The second kappa shape index (κ2) is 51.5. The molecule has 0 spiro atoms. The Hall–Kier alpha value is -7.06. The number of carbonyl (C=O) groups is 1. The number of aromatic nitrogens is 5. The third-order valence-electron chi connectivity index (χ3n) is 15.6. The molecule has 11 rings (SSSR count). The number of primary sulfonamides is 1. The second-order valence-corrected chi connectivity index (χ2v) is 35.8. The number of phenols is 1. The van der Waals surface area contributed by atoms with E-state index < -0.39 is 41.5 Å². The lowest BCUT2D eigenvalue weighted by molar-refractivity contribution is 0.0519. The van der Waals surface area contributed by atoms with Crippen LogP contribution < -0.4 is 33.5 Å². The summed E-state index contributed by atoms with van der Waals surface area (Å²) in [6.45, 7) is 15.6. The van der Waals surface area contributed by atoms with Crippen molar-refractivity contribution in [2.45, 2.75) is 106 Å². The number of halogens is 13. The van der Waals surface area contributed by atoms with E-state index in [-0.39, 0.29) is 91.0 Å². The van der Waals surface area contributed by atoms with Crippen LogP contribution in [0.25, 0.3) is 0 Å². The summed E-state index contributed by atoms with van der Waals surface area (Å²) in [5.74, 6) is 3.43. The van der Waals surface area contributed by atoms with Crippen LogP contribution in [0.3, 0.4) is 0 Å². The molecule has 28 nitrogen and oxygen atoms in total. The minimum Gasteiger partial charge on any atom is -0.508 e. The first-order chi connectivity index (χ1) is 56.2. The number of sulfonamides is 2. The van der Waals surface area contributed by atoms with E-state index in [2.05, 4.69) is 98.5 Å². The van der Waals surface area contributed by atoms with E-state index >= 15 is 0 Å². The molecule has 0 fully saturated rings. The van der Waals surface area contributed by atoms with Gasteiger partial charge >= 0.3 is 12.0 Å². The number of hydrogen-bond donors (Lipinski definition) is 4. The molecule has 0 bridgehead atoms. The van der Waals surface area contributed by atoms with Gasteiger partial charge < -0.3 is 60.7 Å². The highest BCUT2D eigenvalue weighted by Gasteiger charge is 2.29. The minimum atomic E-state index is -3.46. The Labute approximate surface area is 773 Å². The van der Waals surface area contributed by atoms with Crippen LogP contribution in [0.15, 0.2) is 163 Å². The van der Waals surface area contributed by atoms with Gasteiger partial charge in [-0.1, -0.05) is 162 Å². The quantitative estimate of drug-likeness (QED) is 0.0192. The van der Waals surface area contributed by atoms with Crippen molar-refractivity contribution in [1.82, 2.24) is 24.9 Å². The van der Waals surface area contributed by atoms with Crippen LogP contribution in [0, 0.1) is 0 Å². The van der Waals surface area contributed by atoms with Crippen molar-refractivity contribution in [1.29, 1.82) is 0 Å². The molecule has 5 heterocycles. The number of alkyl halides is 3. The second-order valence-electron chi connectivity index (χ2n) is 25.9. The van der Waals surface area contributed by atoms with Crippen LogP contribution >= 0.6 is 151 Å². The van der Waals surface area contributed by atoms with Gasteiger partial charge in [0.1, 0.15) is 111 Å². The van der Waals surface area contributed by atoms with Gasteiger partial charge in [0.2, 0.25) is 20.0 Å². The van der Waals surface area contributed by atoms with Crippen molar-refractivity contribution in [2.75, 3.05) is 67.6 Å². The Kier molecular flexibility index (Phi) is 46.1. The van der Waals surface area contributed by atoms with E-state index in [0.29, 0.717) is 126 Å². The molecule has 670 valence electrons. The Balaban J connectivity index is 0.000000393. The number of carbonyl (C=O) groups excluding carboxylic acids is 1. The van der Waals surface area contributed by atoms with E-state index in [0.717, 1.165) is 58.4 Å². The van der Waals surface area contributed by atoms with E-state index in [1.807, 2.05) is 97.1 Å². The predicted molar refractivity (Wildman–Crippen MR) is 479 cm³/mol. The summed E-state index contributed by atoms with van der Waals surface area (Å²) in [7, 11) is -10.1. The zero-order valence-corrected chi connectivity index (χ0v) is 77.4. The summed E-state index contributed by atoms with van der Waals surface area (Å²) < 4.78 is 125. The number of hydrogen-bond acceptors (Lipinski definition) is 26. The minimum absolute atomic E-state index is 0. The monoisotopic (exact) mass is 2010 g/mol. The number of nitrogens with two attached hydrogens (primary N) is 1. The number of rotatable bonds is 29. The number of anilines is 1. The van der Waals surface area contributed by atoms with Crippen molar-refractivity contribution in [3.8, 4) is 34.5 Å². The van der Waals surface area contributed by atoms with Crippen molar-refractivity contribution < 1.29 is 95.0 Å². The molecule has 6 aromatic carbocycles. The Bertz CT molecular complexity index is 5350. The summed E-state index contributed by atoms with van der Waals surface area (Å²) in [4.78, 5) is 29.6. The van der Waals surface area contributed by atoms with E-state index in [1.54, 1.807) is 19.1 Å². The van der Waals surface area contributed by atoms with Crippen LogP contribution in [-0.4, -0.2) is 129 Å². The highest BCUT2D eigenvalue weighted by molar-refractivity contribution is 7.92. The average molecular weight is 2020 g/mol. The van der Waals surface area contributed by atoms with Crippen molar-refractivity contribution in [3.63, 3.8) is 0 Å². The summed E-state index contributed by atoms with van der Waals surface area (Å²) in [6.07, 6.45) is 9.40. The van der Waals surface area contributed by atoms with Crippen LogP contribution in [0.2, 0.25) is 51.5 Å². The fraction of sp³-hybridized carbons (Fsp3) is 0.333. The average Bonchev–Trinajstić information content (AvgIpc) is 1.12. The molecule has 0 saturated carbocycles. The molecular formula is C78H88Cl13N7O21S3. The van der Waals surface area contributed by atoms with Gasteiger partial charge in [-0.15, -0.1) is 34.8 Å². The molecule has 11 aromatic rings. The lowest BCUT2D eigenvalue weighted by Crippen LogP contribution is -2.19. The molecule has 0 aliphatic carbocycles. The molecule has 0 atom stereocenters. The van der Waals surface area contributed by atoms with E-state index in [1.165, 1.54) is 25.1 Å². The smallest absolute Gasteiger partial charge is 0.360 e. The third-order valence-corrected chi connectivity index (χ3v) is 19.5. The molecule has 44 heteroatoms. The molecule has 0 unspecified atom stereocenters. The molecule has 122 heavy (non-hydrogen) atoms. The van der Waals surface area contributed by atoms with Crippen LogP contribution in [0.1, 0.15) is 130 Å². The summed E-state index contributed by atoms with van der Waals surface area (Å²) in [5.41, 5.74) is 6.93. The fourth-order valence-electron chi connectivity index (χ4n) is 9.57. The maximum atomic E-state index is 11.2. The normalized spacial score (nSPS) is 11.2. The van der Waals surface area contributed by atoms with Crippen LogP contribution in [0.5, 0.6) is 34.5 Å². The molecule has 0 amide bonds. The number of ether oxygens (including phenoxy) is 6. The van der Waals surface area contributed by atoms with Gasteiger partial charge in [-0.05, 0) is 160 Å². The van der Waals surface area contributed by atoms with Crippen molar-refractivity contribution >= 4 is 193 Å². The topological polar surface area (TPSA) is 393 Å². The molecule has 0 aliphatic heterocycles. The largest absolute Gasteiger partial charge is 0.508 e. The Morgan fingerprint density at radius 2 is 0.746 bits per heavy atom. The Morgan fingerprint density at radius 1 is 0.443 bits per heavy atom. The first-order valence-electron chi connectivity index (χ1n) is 34.4. The number of aliphatic hydroxyl groups excluding tert-OH is 1. The zero-order chi connectivity index (χ0) is 89.5. The maximum absolute atomic E-state index is 11.2. The molecule has 0 aliphatic rings. The summed E-state index contributed by atoms with van der Waals surface area (Å²) in [6, 6.07) is 33.5. The maximum Gasteiger partial charge on any atom is 0.360 e. The first-order valence-corrected chi connectivity index (χ1v) is 45.5. The number of aromatic hydroxyl groups is 1. The van der Waals surface area contributed by atoms with Crippen molar-refractivity contribution in [3.05, 3.63) is 254 Å². The van der Waals surface area contributed by atoms with E-state index in [4.69, 9.17) is 188 Å². The predicted octanol–water partition coefficient (Wildman–Crippen LogP) is 22.0. The number of esters is 1. The zero-order valence-electron chi connectivity index (χ0n) is 65.2. The summed E-state index contributed by atoms with van der Waals surface area (Å²) >= 11 is 76.7. The standard InChI is InChI=1S/C22H23Cl3N2O5S.C21H19Cl4NO3.C17H17Cl3O2.C6H6ClNO3.C5H6ClNO4S.C4H4ClNO2.CH5NO2S.2CH4/c1-22(2,15-10-18(24)20(19(25)11-15)30-9-8-23)14-4-6-17(7-5-14)31-12-16-13-32-21(26-16)27-33(3,28)29;1-21(2,14-9-17(23)19(18(24)10-14)27-8-7-22)13-3-5-16(6-4-13)28-11-15-12-29-20(25)26-15;1-17(2,11-3-5-13(21)6-4-11)12-9-14(19)16(15(20)10-12)22-8-7-18;1-2-10-5(9)4-3-11-6(7)8-4;1-12(8,9)11-3-4-2-10-5(6)7-4;5-4-6-3(1-7)2-8-4;1-5(2,3)4;;/h4-7,10-11,13H,8-9,12H2,1-3H3,(H,26,27);3-6,9-10,12H,7-8,11H2,1-2H3;3-6,9-10,21H,7-8H2,1-2H3;3H,2H2,1H3;2H,3H2,1H3;2,7H,1H2;1H3,(H2,2,3,4);2*1H4. The first kappa shape index (κ1) is 109. The van der Waals surface area contributed by atoms with Crippen LogP contribution in [0.4, 0.5) is 6.01 Å². The van der Waals surface area contributed by atoms with Gasteiger partial charge in [-0.25, -0.2) is 46.4 Å². The number of benzene rings is 6. The van der Waals surface area contributed by atoms with Crippen LogP contribution in [-0.2, 0) is 81.8 Å². The number of nitrogens with one attached hydrogen (secondary N) is 1. The van der Waals surface area contributed by atoms with Gasteiger partial charge in [-0.3, -0.25) is 4.18 Å². The number of oxazole rings is 5. The Morgan fingerprint density at radius 3 is 1.02 bits per heavy atom. The highest BCUT2D eigenvalue weighted by atomic mass is 35.5. The van der Waals surface area contributed by atoms with Crippen molar-refractivity contribution in [2.24, 2.45) is 5.14 Å². The van der Waals surface area contributed by atoms with Gasteiger partial charge in [0, 0.05) is 16.2 Å². The molecule has 5 N–H and O–H groups in total. The lowest BCUT2D eigenvalue weighted by atomic mass is 9.78. The third kappa shape index (κ3) is 37.6.